The third-order valence-electron chi connectivity index (χ3n) is 3.23. The van der Waals surface area contributed by atoms with Crippen LogP contribution in [-0.4, -0.2) is 18.9 Å². The third kappa shape index (κ3) is 3.42. The first-order valence-corrected chi connectivity index (χ1v) is 6.16. The highest BCUT2D eigenvalue weighted by Crippen LogP contribution is 2.14. The molecule has 1 unspecified atom stereocenters. The number of ketones is 1. The van der Waals surface area contributed by atoms with Gasteiger partial charge in [0.15, 0.2) is 5.78 Å². The Morgan fingerprint density at radius 2 is 1.89 bits per heavy atom. The molecule has 0 saturated carbocycles. The number of methoxy groups -OCH3 is 1. The number of hydrogen-bond donors (Lipinski definition) is 0. The van der Waals surface area contributed by atoms with Crippen molar-refractivity contribution >= 4 is 11.8 Å². The van der Waals surface area contributed by atoms with Crippen molar-refractivity contribution in [2.45, 2.75) is 33.6 Å². The molecule has 0 amide bonds. The Morgan fingerprint density at radius 1 is 1.22 bits per heavy atom. The van der Waals surface area contributed by atoms with Gasteiger partial charge in [-0.3, -0.25) is 9.59 Å². The van der Waals surface area contributed by atoms with Crippen LogP contribution in [0, 0.1) is 19.8 Å². The van der Waals surface area contributed by atoms with Gasteiger partial charge in [0, 0.05) is 6.42 Å². The number of rotatable bonds is 5. The topological polar surface area (TPSA) is 43.4 Å². The van der Waals surface area contributed by atoms with Crippen molar-refractivity contribution in [1.82, 2.24) is 0 Å². The SMILES string of the molecule is CCC(C(=O)Cc1ccc(C)c(C)c1)C(=O)OC. The summed E-state index contributed by atoms with van der Waals surface area (Å²) in [5.74, 6) is -1.16. The van der Waals surface area contributed by atoms with Gasteiger partial charge in [0.1, 0.15) is 5.92 Å². The predicted octanol–water partition coefficient (Wildman–Crippen LogP) is 2.61. The number of carbonyl (C=O) groups excluding carboxylic acids is 2. The first-order chi connectivity index (χ1) is 8.49. The molecule has 0 N–H and O–H groups in total. The monoisotopic (exact) mass is 248 g/mol. The molecular formula is C15H20O3. The van der Waals surface area contributed by atoms with Crippen molar-refractivity contribution in [2.24, 2.45) is 5.92 Å². The zero-order chi connectivity index (χ0) is 13.7. The predicted molar refractivity (Wildman–Crippen MR) is 70.4 cm³/mol. The molecule has 0 aliphatic carbocycles. The van der Waals surface area contributed by atoms with Crippen LogP contribution >= 0.6 is 0 Å². The van der Waals surface area contributed by atoms with Crippen LogP contribution in [-0.2, 0) is 20.7 Å². The zero-order valence-electron chi connectivity index (χ0n) is 11.4. The van der Waals surface area contributed by atoms with Crippen LogP contribution in [0.3, 0.4) is 0 Å². The summed E-state index contributed by atoms with van der Waals surface area (Å²) >= 11 is 0. The molecule has 18 heavy (non-hydrogen) atoms. The number of hydrogen-bond acceptors (Lipinski definition) is 3. The summed E-state index contributed by atoms with van der Waals surface area (Å²) in [5.41, 5.74) is 3.31. The van der Waals surface area contributed by atoms with E-state index < -0.39 is 11.9 Å². The molecule has 1 aromatic carbocycles. The van der Waals surface area contributed by atoms with E-state index in [4.69, 9.17) is 0 Å². The molecule has 0 aliphatic rings. The maximum Gasteiger partial charge on any atom is 0.316 e. The summed E-state index contributed by atoms with van der Waals surface area (Å²) in [5, 5.41) is 0. The average Bonchev–Trinajstić information content (AvgIpc) is 2.34. The minimum absolute atomic E-state index is 0.0763. The highest BCUT2D eigenvalue weighted by atomic mass is 16.5. The van der Waals surface area contributed by atoms with Crippen molar-refractivity contribution in [2.75, 3.05) is 7.11 Å². The van der Waals surface area contributed by atoms with Gasteiger partial charge in [-0.05, 0) is 37.0 Å². The summed E-state index contributed by atoms with van der Waals surface area (Å²) < 4.78 is 4.65. The molecule has 0 bridgehead atoms. The van der Waals surface area contributed by atoms with Gasteiger partial charge in [0.2, 0.25) is 0 Å². The average molecular weight is 248 g/mol. The lowest BCUT2D eigenvalue weighted by Gasteiger charge is -2.11. The lowest BCUT2D eigenvalue weighted by Crippen LogP contribution is -2.26. The van der Waals surface area contributed by atoms with E-state index in [0.29, 0.717) is 6.42 Å². The lowest BCUT2D eigenvalue weighted by molar-refractivity contribution is -0.149. The number of esters is 1. The van der Waals surface area contributed by atoms with Crippen LogP contribution in [0.4, 0.5) is 0 Å². The molecule has 0 spiro atoms. The van der Waals surface area contributed by atoms with Gasteiger partial charge in [-0.2, -0.15) is 0 Å². The largest absolute Gasteiger partial charge is 0.468 e. The Balaban J connectivity index is 2.79. The van der Waals surface area contributed by atoms with Crippen LogP contribution in [0.5, 0.6) is 0 Å². The Bertz CT molecular complexity index is 449. The van der Waals surface area contributed by atoms with E-state index in [1.54, 1.807) is 0 Å². The molecular weight excluding hydrogens is 228 g/mol. The van der Waals surface area contributed by atoms with Crippen molar-refractivity contribution in [1.29, 1.82) is 0 Å². The second-order valence-electron chi connectivity index (χ2n) is 4.55. The summed E-state index contributed by atoms with van der Waals surface area (Å²) in [7, 11) is 1.31. The van der Waals surface area contributed by atoms with Gasteiger partial charge in [-0.25, -0.2) is 0 Å². The molecule has 3 heteroatoms. The van der Waals surface area contributed by atoms with E-state index in [0.717, 1.165) is 11.1 Å². The van der Waals surface area contributed by atoms with E-state index in [-0.39, 0.29) is 12.2 Å². The van der Waals surface area contributed by atoms with E-state index in [1.165, 1.54) is 12.7 Å². The Kier molecular flexibility index (Phi) is 5.08. The molecule has 0 saturated heterocycles. The summed E-state index contributed by atoms with van der Waals surface area (Å²) in [6.45, 7) is 5.87. The first kappa shape index (κ1) is 14.4. The first-order valence-electron chi connectivity index (χ1n) is 6.16. The number of ether oxygens (including phenoxy) is 1. The third-order valence-corrected chi connectivity index (χ3v) is 3.23. The van der Waals surface area contributed by atoms with Crippen molar-refractivity contribution in [3.05, 3.63) is 34.9 Å². The molecule has 0 aromatic heterocycles. The normalized spacial score (nSPS) is 12.0. The number of carbonyl (C=O) groups is 2. The fourth-order valence-corrected chi connectivity index (χ4v) is 1.91. The zero-order valence-corrected chi connectivity index (χ0v) is 11.4. The summed E-state index contributed by atoms with van der Waals surface area (Å²) in [4.78, 5) is 23.5. The fourth-order valence-electron chi connectivity index (χ4n) is 1.91. The van der Waals surface area contributed by atoms with Gasteiger partial charge >= 0.3 is 5.97 Å². The molecule has 1 atom stereocenters. The number of Topliss-reactive ketones (excluding diaryl/α,β-unsaturated/α-hetero) is 1. The Hall–Kier alpha value is -1.64. The molecule has 98 valence electrons. The second-order valence-corrected chi connectivity index (χ2v) is 4.55. The van der Waals surface area contributed by atoms with Crippen molar-refractivity contribution in [3.63, 3.8) is 0 Å². The van der Waals surface area contributed by atoms with E-state index in [2.05, 4.69) is 4.74 Å². The molecule has 0 heterocycles. The molecule has 1 rings (SSSR count). The summed E-state index contributed by atoms with van der Waals surface area (Å²) in [6, 6.07) is 5.93. The molecule has 0 fully saturated rings. The fraction of sp³-hybridized carbons (Fsp3) is 0.467. The minimum atomic E-state index is -0.642. The molecule has 1 aromatic rings. The van der Waals surface area contributed by atoms with Gasteiger partial charge in [0.25, 0.3) is 0 Å². The lowest BCUT2D eigenvalue weighted by atomic mass is 9.94. The summed E-state index contributed by atoms with van der Waals surface area (Å²) in [6.07, 6.45) is 0.769. The number of aryl methyl sites for hydroxylation is 2. The molecule has 3 nitrogen and oxygen atoms in total. The highest BCUT2D eigenvalue weighted by molar-refractivity contribution is 5.99. The molecule has 0 aliphatic heterocycles. The smallest absolute Gasteiger partial charge is 0.316 e. The van der Waals surface area contributed by atoms with Gasteiger partial charge in [0.05, 0.1) is 7.11 Å². The quantitative estimate of drug-likeness (QED) is 0.594. The van der Waals surface area contributed by atoms with Crippen LogP contribution in [0.1, 0.15) is 30.0 Å². The maximum absolute atomic E-state index is 12.0. The van der Waals surface area contributed by atoms with Crippen LogP contribution in [0.15, 0.2) is 18.2 Å². The van der Waals surface area contributed by atoms with Crippen LogP contribution < -0.4 is 0 Å². The van der Waals surface area contributed by atoms with E-state index >= 15 is 0 Å². The van der Waals surface area contributed by atoms with Crippen molar-refractivity contribution in [3.8, 4) is 0 Å². The Morgan fingerprint density at radius 3 is 2.39 bits per heavy atom. The van der Waals surface area contributed by atoms with Gasteiger partial charge in [-0.15, -0.1) is 0 Å². The minimum Gasteiger partial charge on any atom is -0.468 e. The van der Waals surface area contributed by atoms with Gasteiger partial charge < -0.3 is 4.74 Å². The standard InChI is InChI=1S/C15H20O3/c1-5-13(15(17)18-4)14(16)9-12-7-6-10(2)11(3)8-12/h6-8,13H,5,9H2,1-4H3. The molecule has 0 radical (unpaired) electrons. The Labute approximate surface area is 108 Å². The second kappa shape index (κ2) is 6.34. The van der Waals surface area contributed by atoms with E-state index in [9.17, 15) is 9.59 Å². The highest BCUT2D eigenvalue weighted by Gasteiger charge is 2.25. The number of benzene rings is 1. The van der Waals surface area contributed by atoms with Crippen LogP contribution in [0.2, 0.25) is 0 Å². The van der Waals surface area contributed by atoms with Crippen LogP contribution in [0.25, 0.3) is 0 Å². The van der Waals surface area contributed by atoms with Crippen molar-refractivity contribution < 1.29 is 14.3 Å². The van der Waals surface area contributed by atoms with E-state index in [1.807, 2.05) is 39.0 Å². The maximum atomic E-state index is 12.0. The van der Waals surface area contributed by atoms with Gasteiger partial charge in [-0.1, -0.05) is 25.1 Å².